The first-order valence-electron chi connectivity index (χ1n) is 7.06. The van der Waals surface area contributed by atoms with Gasteiger partial charge in [-0.15, -0.1) is 0 Å². The number of carbonyl (C=O) groups is 1. The van der Waals surface area contributed by atoms with Crippen molar-refractivity contribution in [2.75, 3.05) is 13.7 Å². The molecule has 1 saturated carbocycles. The van der Waals surface area contributed by atoms with E-state index < -0.39 is 11.4 Å². The maximum Gasteiger partial charge on any atom is 0.314 e. The summed E-state index contributed by atoms with van der Waals surface area (Å²) in [6.45, 7) is 4.46. The third kappa shape index (κ3) is 2.80. The van der Waals surface area contributed by atoms with E-state index in [0.29, 0.717) is 25.2 Å². The molecule has 0 spiro atoms. The van der Waals surface area contributed by atoms with Crippen molar-refractivity contribution in [3.05, 3.63) is 29.3 Å². The molecule has 1 aromatic rings. The molecule has 4 nitrogen and oxygen atoms in total. The van der Waals surface area contributed by atoms with E-state index in [0.717, 1.165) is 17.5 Å². The number of aryl methyl sites for hydroxylation is 1. The molecule has 2 rings (SSSR count). The molecule has 110 valence electrons. The van der Waals surface area contributed by atoms with Gasteiger partial charge in [-0.25, -0.2) is 0 Å². The molecule has 0 unspecified atom stereocenters. The second kappa shape index (κ2) is 5.83. The van der Waals surface area contributed by atoms with E-state index in [-0.39, 0.29) is 6.10 Å². The highest BCUT2D eigenvalue weighted by atomic mass is 16.5. The molecule has 0 bridgehead atoms. The van der Waals surface area contributed by atoms with E-state index in [4.69, 9.17) is 9.47 Å². The third-order valence-electron chi connectivity index (χ3n) is 3.86. The molecule has 1 aliphatic rings. The SMILES string of the molecule is CCc1ccc(O[C@@H](C)COC)c(C2(C(=O)O)CC2)c1. The van der Waals surface area contributed by atoms with Gasteiger partial charge in [0.25, 0.3) is 0 Å². The number of ether oxygens (including phenoxy) is 2. The number of hydrogen-bond acceptors (Lipinski definition) is 3. The predicted octanol–water partition coefficient (Wildman–Crippen LogP) is 2.78. The van der Waals surface area contributed by atoms with Gasteiger partial charge in [-0.1, -0.05) is 19.1 Å². The maximum absolute atomic E-state index is 11.6. The van der Waals surface area contributed by atoms with E-state index >= 15 is 0 Å². The highest BCUT2D eigenvalue weighted by Gasteiger charge is 2.53. The number of benzene rings is 1. The van der Waals surface area contributed by atoms with E-state index in [2.05, 4.69) is 6.92 Å². The number of aliphatic carboxylic acids is 1. The number of carboxylic acid groups (broad SMARTS) is 1. The smallest absolute Gasteiger partial charge is 0.314 e. The van der Waals surface area contributed by atoms with Crippen LogP contribution in [0.25, 0.3) is 0 Å². The van der Waals surface area contributed by atoms with Crippen LogP contribution in [0.4, 0.5) is 0 Å². The van der Waals surface area contributed by atoms with Gasteiger partial charge in [-0.2, -0.15) is 0 Å². The summed E-state index contributed by atoms with van der Waals surface area (Å²) in [5, 5.41) is 9.50. The van der Waals surface area contributed by atoms with Crippen molar-refractivity contribution in [1.82, 2.24) is 0 Å². The van der Waals surface area contributed by atoms with Crippen LogP contribution in [0.3, 0.4) is 0 Å². The zero-order chi connectivity index (χ0) is 14.8. The van der Waals surface area contributed by atoms with Gasteiger partial charge in [0.1, 0.15) is 11.9 Å². The van der Waals surface area contributed by atoms with Crippen molar-refractivity contribution in [3.63, 3.8) is 0 Å². The van der Waals surface area contributed by atoms with Gasteiger partial charge < -0.3 is 14.6 Å². The van der Waals surface area contributed by atoms with E-state index in [1.54, 1.807) is 7.11 Å². The molecule has 0 aliphatic heterocycles. The standard InChI is InChI=1S/C16H22O4/c1-4-12-5-6-14(20-11(2)10-19-3)13(9-12)16(7-8-16)15(17)18/h5-6,9,11H,4,7-8,10H2,1-3H3,(H,17,18)/t11-/m0/s1. The summed E-state index contributed by atoms with van der Waals surface area (Å²) < 4.78 is 10.9. The molecule has 0 aromatic heterocycles. The van der Waals surface area contributed by atoms with Crippen LogP contribution >= 0.6 is 0 Å². The number of rotatable bonds is 7. The first-order valence-corrected chi connectivity index (χ1v) is 7.06. The molecule has 1 atom stereocenters. The summed E-state index contributed by atoms with van der Waals surface area (Å²) in [5.74, 6) is -0.0818. The Bertz CT molecular complexity index is 491. The van der Waals surface area contributed by atoms with Crippen molar-refractivity contribution >= 4 is 5.97 Å². The Hall–Kier alpha value is -1.55. The molecule has 4 heteroatoms. The van der Waals surface area contributed by atoms with Gasteiger partial charge in [-0.3, -0.25) is 4.79 Å². The Morgan fingerprint density at radius 1 is 1.45 bits per heavy atom. The molecule has 0 heterocycles. The van der Waals surface area contributed by atoms with Crippen LogP contribution in [0.2, 0.25) is 0 Å². The van der Waals surface area contributed by atoms with Crippen LogP contribution in [0.1, 0.15) is 37.8 Å². The first-order chi connectivity index (χ1) is 9.53. The molecule has 0 amide bonds. The van der Waals surface area contributed by atoms with Crippen LogP contribution in [0, 0.1) is 0 Å². The first kappa shape index (κ1) is 14.9. The van der Waals surface area contributed by atoms with Crippen molar-refractivity contribution in [2.45, 2.75) is 44.6 Å². The summed E-state index contributed by atoms with van der Waals surface area (Å²) in [7, 11) is 1.63. The fourth-order valence-corrected chi connectivity index (χ4v) is 2.48. The van der Waals surface area contributed by atoms with Gasteiger partial charge in [-0.05, 0) is 37.8 Å². The summed E-state index contributed by atoms with van der Waals surface area (Å²) in [5.41, 5.74) is 1.21. The van der Waals surface area contributed by atoms with Crippen molar-refractivity contribution < 1.29 is 19.4 Å². The molecule has 1 aromatic carbocycles. The Kier molecular flexibility index (Phi) is 4.33. The van der Waals surface area contributed by atoms with Gasteiger partial charge in [0.05, 0.1) is 12.0 Å². The van der Waals surface area contributed by atoms with Gasteiger partial charge in [0.15, 0.2) is 0 Å². The van der Waals surface area contributed by atoms with Crippen molar-refractivity contribution in [2.24, 2.45) is 0 Å². The molecule has 1 N–H and O–H groups in total. The van der Waals surface area contributed by atoms with Crippen LogP contribution in [0.15, 0.2) is 18.2 Å². The monoisotopic (exact) mass is 278 g/mol. The van der Waals surface area contributed by atoms with E-state index in [1.807, 2.05) is 25.1 Å². The quantitative estimate of drug-likeness (QED) is 0.833. The van der Waals surface area contributed by atoms with Crippen LogP contribution in [-0.4, -0.2) is 30.9 Å². The Labute approximate surface area is 119 Å². The second-order valence-electron chi connectivity index (χ2n) is 5.46. The minimum Gasteiger partial charge on any atom is -0.488 e. The van der Waals surface area contributed by atoms with Crippen LogP contribution in [0.5, 0.6) is 5.75 Å². The van der Waals surface area contributed by atoms with Gasteiger partial charge >= 0.3 is 5.97 Å². The maximum atomic E-state index is 11.6. The number of hydrogen-bond donors (Lipinski definition) is 1. The molecule has 0 saturated heterocycles. The van der Waals surface area contributed by atoms with Crippen molar-refractivity contribution in [1.29, 1.82) is 0 Å². The Morgan fingerprint density at radius 2 is 2.15 bits per heavy atom. The second-order valence-corrected chi connectivity index (χ2v) is 5.46. The van der Waals surface area contributed by atoms with Crippen LogP contribution < -0.4 is 4.74 Å². The summed E-state index contributed by atoms with van der Waals surface area (Å²) in [6, 6.07) is 5.87. The lowest BCUT2D eigenvalue weighted by atomic mass is 9.93. The highest BCUT2D eigenvalue weighted by molar-refractivity contribution is 5.86. The lowest BCUT2D eigenvalue weighted by Gasteiger charge is -2.21. The highest BCUT2D eigenvalue weighted by Crippen LogP contribution is 2.52. The van der Waals surface area contributed by atoms with Crippen LogP contribution in [-0.2, 0) is 21.4 Å². The lowest BCUT2D eigenvalue weighted by molar-refractivity contribution is -0.140. The predicted molar refractivity (Wildman–Crippen MR) is 76.3 cm³/mol. The topological polar surface area (TPSA) is 55.8 Å². The zero-order valence-electron chi connectivity index (χ0n) is 12.3. The normalized spacial score (nSPS) is 17.6. The summed E-state index contributed by atoms with van der Waals surface area (Å²) in [6.07, 6.45) is 2.15. The molecular weight excluding hydrogens is 256 g/mol. The third-order valence-corrected chi connectivity index (χ3v) is 3.86. The minimum absolute atomic E-state index is 0.101. The minimum atomic E-state index is -0.755. The Morgan fingerprint density at radius 3 is 2.65 bits per heavy atom. The molecule has 1 fully saturated rings. The fourth-order valence-electron chi connectivity index (χ4n) is 2.48. The summed E-state index contributed by atoms with van der Waals surface area (Å²) in [4.78, 5) is 11.6. The van der Waals surface area contributed by atoms with Gasteiger partial charge in [0, 0.05) is 12.7 Å². The zero-order valence-corrected chi connectivity index (χ0v) is 12.3. The largest absolute Gasteiger partial charge is 0.488 e. The van der Waals surface area contributed by atoms with Gasteiger partial charge in [0.2, 0.25) is 0 Å². The fraction of sp³-hybridized carbons (Fsp3) is 0.562. The van der Waals surface area contributed by atoms with E-state index in [9.17, 15) is 9.90 Å². The summed E-state index contributed by atoms with van der Waals surface area (Å²) >= 11 is 0. The molecule has 1 aliphatic carbocycles. The molecule has 0 radical (unpaired) electrons. The van der Waals surface area contributed by atoms with E-state index in [1.165, 1.54) is 0 Å². The molecule has 20 heavy (non-hydrogen) atoms. The number of carboxylic acids is 1. The number of methoxy groups -OCH3 is 1. The average Bonchev–Trinajstić information content (AvgIpc) is 3.21. The average molecular weight is 278 g/mol. The molecular formula is C16H22O4. The van der Waals surface area contributed by atoms with Crippen molar-refractivity contribution in [3.8, 4) is 5.75 Å². The Balaban J connectivity index is 2.34. The lowest BCUT2D eigenvalue weighted by Crippen LogP contribution is -2.24.